The van der Waals surface area contributed by atoms with Crippen molar-refractivity contribution >= 4 is 11.9 Å². The Morgan fingerprint density at radius 3 is 2.21 bits per heavy atom. The Morgan fingerprint density at radius 1 is 1.08 bits per heavy atom. The molecule has 1 amide bonds. The summed E-state index contributed by atoms with van der Waals surface area (Å²) in [5.74, 6) is 0.185. The Bertz CT molecular complexity index is 617. The van der Waals surface area contributed by atoms with Crippen LogP contribution in [0.1, 0.15) is 18.4 Å². The van der Waals surface area contributed by atoms with E-state index in [4.69, 9.17) is 24.1 Å². The van der Waals surface area contributed by atoms with Crippen molar-refractivity contribution in [1.82, 2.24) is 5.32 Å². The van der Waals surface area contributed by atoms with Crippen molar-refractivity contribution in [3.05, 3.63) is 17.7 Å². The molecule has 132 valence electrons. The molecule has 1 fully saturated rings. The molecule has 1 aliphatic rings. The highest BCUT2D eigenvalue weighted by Gasteiger charge is 2.34. The number of ether oxygens (including phenoxy) is 4. The van der Waals surface area contributed by atoms with Gasteiger partial charge in [0.05, 0.1) is 21.3 Å². The maximum atomic E-state index is 12.1. The molecule has 0 aromatic heterocycles. The van der Waals surface area contributed by atoms with Gasteiger partial charge in [-0.25, -0.2) is 4.79 Å². The molecular weight excluding hydrogens is 318 g/mol. The van der Waals surface area contributed by atoms with Gasteiger partial charge in [-0.1, -0.05) is 0 Å². The first-order valence-electron chi connectivity index (χ1n) is 7.45. The van der Waals surface area contributed by atoms with Gasteiger partial charge in [0, 0.05) is 18.2 Å². The van der Waals surface area contributed by atoms with Gasteiger partial charge in [0.15, 0.2) is 17.6 Å². The van der Waals surface area contributed by atoms with Crippen LogP contribution < -0.4 is 19.5 Å². The van der Waals surface area contributed by atoms with Crippen molar-refractivity contribution in [2.24, 2.45) is 0 Å². The van der Waals surface area contributed by atoms with E-state index in [0.717, 1.165) is 0 Å². The number of rotatable bonds is 7. The average Bonchev–Trinajstić information content (AvgIpc) is 3.09. The molecule has 0 aliphatic carbocycles. The predicted octanol–water partition coefficient (Wildman–Crippen LogP) is 0.961. The van der Waals surface area contributed by atoms with Crippen molar-refractivity contribution in [3.63, 3.8) is 0 Å². The minimum atomic E-state index is -1.05. The number of carbonyl (C=O) groups excluding carboxylic acids is 1. The minimum Gasteiger partial charge on any atom is -0.496 e. The number of hydrogen-bond acceptors (Lipinski definition) is 6. The fourth-order valence-electron chi connectivity index (χ4n) is 2.54. The van der Waals surface area contributed by atoms with E-state index in [1.165, 1.54) is 21.3 Å². The molecule has 2 N–H and O–H groups in total. The van der Waals surface area contributed by atoms with Crippen molar-refractivity contribution in [1.29, 1.82) is 0 Å². The maximum Gasteiger partial charge on any atom is 0.332 e. The first-order valence-corrected chi connectivity index (χ1v) is 7.45. The van der Waals surface area contributed by atoms with Crippen LogP contribution in [0, 0.1) is 0 Å². The van der Waals surface area contributed by atoms with Gasteiger partial charge in [-0.05, 0) is 18.9 Å². The second kappa shape index (κ2) is 7.87. The van der Waals surface area contributed by atoms with E-state index in [-0.39, 0.29) is 12.5 Å². The summed E-state index contributed by atoms with van der Waals surface area (Å²) in [5.41, 5.74) is 0.705. The molecule has 0 saturated carbocycles. The topological polar surface area (TPSA) is 103 Å². The van der Waals surface area contributed by atoms with Crippen molar-refractivity contribution in [3.8, 4) is 17.2 Å². The van der Waals surface area contributed by atoms with Crippen molar-refractivity contribution < 1.29 is 33.6 Å². The lowest BCUT2D eigenvalue weighted by molar-refractivity contribution is -0.151. The second-order valence-electron chi connectivity index (χ2n) is 5.27. The number of hydrogen-bond donors (Lipinski definition) is 2. The van der Waals surface area contributed by atoms with Crippen LogP contribution in [0.5, 0.6) is 17.2 Å². The highest BCUT2D eigenvalue weighted by molar-refractivity contribution is 5.82. The largest absolute Gasteiger partial charge is 0.496 e. The predicted molar refractivity (Wildman–Crippen MR) is 83.5 cm³/mol. The van der Waals surface area contributed by atoms with Gasteiger partial charge in [-0.2, -0.15) is 0 Å². The summed E-state index contributed by atoms with van der Waals surface area (Å²) in [4.78, 5) is 23.0. The molecule has 2 atom stereocenters. The molecule has 1 aromatic carbocycles. The zero-order chi connectivity index (χ0) is 17.7. The van der Waals surface area contributed by atoms with Crippen LogP contribution in [-0.2, 0) is 20.9 Å². The fraction of sp³-hybridized carbons (Fsp3) is 0.500. The summed E-state index contributed by atoms with van der Waals surface area (Å²) in [6, 6.07) is 3.39. The van der Waals surface area contributed by atoms with Crippen LogP contribution in [-0.4, -0.2) is 50.5 Å². The Hall–Kier alpha value is -2.48. The van der Waals surface area contributed by atoms with Crippen LogP contribution in [0.15, 0.2) is 12.1 Å². The van der Waals surface area contributed by atoms with Crippen LogP contribution in [0.4, 0.5) is 0 Å². The van der Waals surface area contributed by atoms with E-state index in [0.29, 0.717) is 35.7 Å². The number of carbonyl (C=O) groups is 2. The third kappa shape index (κ3) is 3.88. The molecule has 2 rings (SSSR count). The van der Waals surface area contributed by atoms with E-state index < -0.39 is 18.2 Å². The third-order valence-corrected chi connectivity index (χ3v) is 3.83. The normalized spacial score (nSPS) is 19.6. The van der Waals surface area contributed by atoms with E-state index >= 15 is 0 Å². The summed E-state index contributed by atoms with van der Waals surface area (Å²) in [6.45, 7) is 0.194. The first-order chi connectivity index (χ1) is 11.5. The van der Waals surface area contributed by atoms with Crippen LogP contribution >= 0.6 is 0 Å². The van der Waals surface area contributed by atoms with Crippen LogP contribution in [0.25, 0.3) is 0 Å². The lowest BCUT2D eigenvalue weighted by Crippen LogP contribution is -2.35. The molecule has 8 heteroatoms. The fourth-order valence-corrected chi connectivity index (χ4v) is 2.54. The number of aliphatic carboxylic acids is 1. The van der Waals surface area contributed by atoms with Crippen molar-refractivity contribution in [2.75, 3.05) is 21.3 Å². The summed E-state index contributed by atoms with van der Waals surface area (Å²) >= 11 is 0. The number of benzene rings is 1. The summed E-state index contributed by atoms with van der Waals surface area (Å²) in [5, 5.41) is 11.6. The van der Waals surface area contributed by atoms with Gasteiger partial charge in [0.2, 0.25) is 5.91 Å². The number of methoxy groups -OCH3 is 3. The summed E-state index contributed by atoms with van der Waals surface area (Å²) in [7, 11) is 4.56. The molecule has 24 heavy (non-hydrogen) atoms. The van der Waals surface area contributed by atoms with E-state index in [1.807, 2.05) is 0 Å². The molecule has 0 bridgehead atoms. The standard InChI is InChI=1S/C16H21NO7/c1-21-12-7-14(23-3)13(22-2)6-9(12)8-17-15(18)10-4-5-11(24-10)16(19)20/h6-7,10-11H,4-5,8H2,1-3H3,(H,17,18)(H,19,20)/t10-,11+/m0/s1. The maximum absolute atomic E-state index is 12.1. The number of nitrogens with one attached hydrogen (secondary N) is 1. The van der Waals surface area contributed by atoms with Gasteiger partial charge in [0.25, 0.3) is 0 Å². The average molecular weight is 339 g/mol. The Morgan fingerprint density at radius 2 is 1.67 bits per heavy atom. The lowest BCUT2D eigenvalue weighted by atomic mass is 10.1. The van der Waals surface area contributed by atoms with Crippen molar-refractivity contribution in [2.45, 2.75) is 31.6 Å². The number of carboxylic acids is 1. The van der Waals surface area contributed by atoms with E-state index in [1.54, 1.807) is 12.1 Å². The van der Waals surface area contributed by atoms with Gasteiger partial charge in [0.1, 0.15) is 11.9 Å². The Labute approximate surface area is 139 Å². The second-order valence-corrected chi connectivity index (χ2v) is 5.27. The van der Waals surface area contributed by atoms with E-state index in [9.17, 15) is 9.59 Å². The molecule has 0 unspecified atom stereocenters. The molecule has 1 heterocycles. The molecule has 0 spiro atoms. The van der Waals surface area contributed by atoms with Gasteiger partial charge < -0.3 is 29.4 Å². The molecule has 8 nitrogen and oxygen atoms in total. The molecule has 0 radical (unpaired) electrons. The number of amides is 1. The SMILES string of the molecule is COc1cc(OC)c(OC)cc1CNC(=O)[C@@H]1CC[C@H](C(=O)O)O1. The minimum absolute atomic E-state index is 0.194. The highest BCUT2D eigenvalue weighted by Crippen LogP contribution is 2.34. The quantitative estimate of drug-likeness (QED) is 0.762. The van der Waals surface area contributed by atoms with Crippen LogP contribution in [0.3, 0.4) is 0 Å². The monoisotopic (exact) mass is 339 g/mol. The molecular formula is C16H21NO7. The Balaban J connectivity index is 2.03. The van der Waals surface area contributed by atoms with Gasteiger partial charge >= 0.3 is 5.97 Å². The smallest absolute Gasteiger partial charge is 0.332 e. The summed E-state index contributed by atoms with van der Waals surface area (Å²) < 4.78 is 21.0. The molecule has 1 saturated heterocycles. The molecule has 1 aliphatic heterocycles. The lowest BCUT2D eigenvalue weighted by Gasteiger charge is -2.16. The Kier molecular flexibility index (Phi) is 5.86. The van der Waals surface area contributed by atoms with Crippen LogP contribution in [0.2, 0.25) is 0 Å². The van der Waals surface area contributed by atoms with Gasteiger partial charge in [-0.15, -0.1) is 0 Å². The zero-order valence-corrected chi connectivity index (χ0v) is 13.8. The zero-order valence-electron chi connectivity index (χ0n) is 13.8. The van der Waals surface area contributed by atoms with E-state index in [2.05, 4.69) is 5.32 Å². The number of carboxylic acid groups (broad SMARTS) is 1. The first kappa shape index (κ1) is 17.9. The van der Waals surface area contributed by atoms with Gasteiger partial charge in [-0.3, -0.25) is 4.79 Å². The molecule has 1 aromatic rings. The highest BCUT2D eigenvalue weighted by atomic mass is 16.5. The third-order valence-electron chi connectivity index (χ3n) is 3.83. The summed E-state index contributed by atoms with van der Waals surface area (Å²) in [6.07, 6.45) is -0.965.